The molecule has 12 nitrogen and oxygen atoms in total. The maximum absolute atomic E-state index is 10.7. The third kappa shape index (κ3) is 3.65. The van der Waals surface area contributed by atoms with Gasteiger partial charge in [0.1, 0.15) is 30.5 Å². The van der Waals surface area contributed by atoms with Gasteiger partial charge in [0.05, 0.1) is 6.33 Å². The van der Waals surface area contributed by atoms with Crippen LogP contribution in [0.5, 0.6) is 0 Å². The first kappa shape index (κ1) is 20.2. The molecule has 3 aromatic rings. The Morgan fingerprint density at radius 3 is 2.68 bits per heavy atom. The van der Waals surface area contributed by atoms with Crippen molar-refractivity contribution in [2.75, 3.05) is 18.5 Å². The van der Waals surface area contributed by atoms with Crippen molar-refractivity contribution in [3.05, 3.63) is 24.3 Å². The normalized spacial score (nSPS) is 27.4. The zero-order valence-corrected chi connectivity index (χ0v) is 17.3. The minimum Gasteiger partial charge on any atom is -0.387 e. The number of rotatable bonds is 5. The minimum absolute atomic E-state index is 0.149. The van der Waals surface area contributed by atoms with E-state index in [9.17, 15) is 10.2 Å². The Bertz CT molecular complexity index is 1050. The van der Waals surface area contributed by atoms with Gasteiger partial charge in [0, 0.05) is 25.2 Å². The molecule has 0 aliphatic carbocycles. The molecule has 0 radical (unpaired) electrons. The molecule has 5 heterocycles. The molecule has 2 saturated heterocycles. The number of aromatic nitrogens is 7. The van der Waals surface area contributed by atoms with Gasteiger partial charge in [0.15, 0.2) is 29.0 Å². The Balaban J connectivity index is 1.41. The summed E-state index contributed by atoms with van der Waals surface area (Å²) in [7, 11) is 0. The first-order valence-corrected chi connectivity index (χ1v) is 10.5. The third-order valence-electron chi connectivity index (χ3n) is 5.77. The van der Waals surface area contributed by atoms with E-state index in [0.29, 0.717) is 41.8 Å². The quantitative estimate of drug-likeness (QED) is 0.453. The molecule has 12 heteroatoms. The maximum Gasteiger partial charge on any atom is 0.167 e. The van der Waals surface area contributed by atoms with Crippen molar-refractivity contribution in [3.63, 3.8) is 0 Å². The first-order valence-electron chi connectivity index (χ1n) is 10.5. The Morgan fingerprint density at radius 1 is 1.13 bits per heavy atom. The molecule has 31 heavy (non-hydrogen) atoms. The topological polar surface area (TPSA) is 156 Å². The Kier molecular flexibility index (Phi) is 5.30. The molecular weight excluding hydrogens is 404 g/mol. The van der Waals surface area contributed by atoms with Crippen LogP contribution < -0.4 is 5.32 Å². The Labute approximate surface area is 178 Å². The van der Waals surface area contributed by atoms with Crippen LogP contribution in [-0.4, -0.2) is 76.4 Å². The van der Waals surface area contributed by atoms with E-state index in [4.69, 9.17) is 9.47 Å². The highest BCUT2D eigenvalue weighted by Gasteiger charge is 2.46. The van der Waals surface area contributed by atoms with Gasteiger partial charge in [-0.2, -0.15) is 0 Å². The van der Waals surface area contributed by atoms with E-state index in [0.717, 1.165) is 12.8 Å². The number of fused-ring (bicyclic) bond motifs is 1. The lowest BCUT2D eigenvalue weighted by Gasteiger charge is -2.23. The second-order valence-electron chi connectivity index (χ2n) is 8.26. The number of nitrogens with zero attached hydrogens (tertiary/aromatic N) is 6. The lowest BCUT2D eigenvalue weighted by Crippen LogP contribution is -2.29. The summed E-state index contributed by atoms with van der Waals surface area (Å²) >= 11 is 0. The third-order valence-corrected chi connectivity index (χ3v) is 5.77. The molecule has 0 unspecified atom stereocenters. The summed E-state index contributed by atoms with van der Waals surface area (Å²) in [6.45, 7) is 5.39. The summed E-state index contributed by atoms with van der Waals surface area (Å²) in [4.78, 5) is 16.2. The van der Waals surface area contributed by atoms with Gasteiger partial charge in [-0.15, -0.1) is 10.2 Å². The van der Waals surface area contributed by atoms with Crippen molar-refractivity contribution >= 4 is 17.0 Å². The molecular formula is C19H26N8O4. The van der Waals surface area contributed by atoms with Crippen molar-refractivity contribution in [2.24, 2.45) is 0 Å². The van der Waals surface area contributed by atoms with Crippen molar-refractivity contribution < 1.29 is 19.7 Å². The lowest BCUT2D eigenvalue weighted by atomic mass is 10.1. The van der Waals surface area contributed by atoms with Crippen LogP contribution in [0.2, 0.25) is 0 Å². The molecule has 0 spiro atoms. The summed E-state index contributed by atoms with van der Waals surface area (Å²) in [6, 6.07) is 0.248. The van der Waals surface area contributed by atoms with Crippen LogP contribution in [0.3, 0.4) is 0 Å². The van der Waals surface area contributed by atoms with Gasteiger partial charge >= 0.3 is 0 Å². The largest absolute Gasteiger partial charge is 0.387 e. The van der Waals surface area contributed by atoms with E-state index in [2.05, 4.69) is 35.5 Å². The van der Waals surface area contributed by atoms with Crippen molar-refractivity contribution in [1.29, 1.82) is 0 Å². The molecule has 4 N–H and O–H groups in total. The van der Waals surface area contributed by atoms with Gasteiger partial charge in [-0.3, -0.25) is 4.57 Å². The van der Waals surface area contributed by atoms with Gasteiger partial charge < -0.3 is 30.0 Å². The summed E-state index contributed by atoms with van der Waals surface area (Å²) < 4.78 is 13.0. The number of anilines is 1. The van der Waals surface area contributed by atoms with E-state index in [1.165, 1.54) is 12.7 Å². The van der Waals surface area contributed by atoms with E-state index < -0.39 is 24.5 Å². The van der Waals surface area contributed by atoms with Gasteiger partial charge in [0.2, 0.25) is 0 Å². The molecule has 0 saturated carbocycles. The molecule has 2 aliphatic rings. The van der Waals surface area contributed by atoms with Crippen molar-refractivity contribution in [2.45, 2.75) is 63.2 Å². The molecule has 0 bridgehead atoms. The average Bonchev–Trinajstić information content (AvgIpc) is 3.48. The number of imidazole rings is 1. The molecule has 0 amide bonds. The van der Waals surface area contributed by atoms with Crippen LogP contribution in [0.1, 0.15) is 56.6 Å². The highest BCUT2D eigenvalue weighted by Crippen LogP contribution is 2.39. The van der Waals surface area contributed by atoms with E-state index in [1.807, 2.05) is 13.8 Å². The standard InChI is InChI=1S/C19H26N8O4/c1-9(2)15-24-17(26-25-15)14-12(28)13(29)19(31-14)27-8-22-11-16(20-7-21-18(11)27)23-10-3-5-30-6-4-10/h7-10,12-14,19,28-29H,3-6H2,1-2H3,(H,20,21,23)(H,24,25,26)/t12-,13+,14-,19+/m0/s1. The highest BCUT2D eigenvalue weighted by atomic mass is 16.6. The fourth-order valence-corrected chi connectivity index (χ4v) is 3.97. The number of hydrogen-bond donors (Lipinski definition) is 4. The van der Waals surface area contributed by atoms with Crippen LogP contribution >= 0.6 is 0 Å². The van der Waals surface area contributed by atoms with Crippen LogP contribution in [0.4, 0.5) is 5.82 Å². The zero-order chi connectivity index (χ0) is 21.5. The number of H-pyrrole nitrogens is 1. The molecule has 2 aliphatic heterocycles. The van der Waals surface area contributed by atoms with Crippen molar-refractivity contribution in [1.82, 2.24) is 34.7 Å². The number of aliphatic hydroxyl groups is 2. The molecule has 2 fully saturated rings. The maximum atomic E-state index is 10.7. The number of ether oxygens (including phenoxy) is 2. The van der Waals surface area contributed by atoms with Crippen molar-refractivity contribution in [3.8, 4) is 0 Å². The monoisotopic (exact) mass is 430 g/mol. The van der Waals surface area contributed by atoms with Gasteiger partial charge in [0.25, 0.3) is 0 Å². The molecule has 3 aromatic heterocycles. The molecule has 166 valence electrons. The Hall–Kier alpha value is -2.67. The lowest BCUT2D eigenvalue weighted by molar-refractivity contribution is -0.0382. The summed E-state index contributed by atoms with van der Waals surface area (Å²) in [6.07, 6.45) is 0.650. The minimum atomic E-state index is -1.20. The zero-order valence-electron chi connectivity index (χ0n) is 17.3. The predicted molar refractivity (Wildman–Crippen MR) is 108 cm³/mol. The summed E-state index contributed by atoms with van der Waals surface area (Å²) in [5.41, 5.74) is 1.08. The molecule has 0 aromatic carbocycles. The molecule has 5 rings (SSSR count). The number of hydrogen-bond acceptors (Lipinski definition) is 10. The van der Waals surface area contributed by atoms with Crippen LogP contribution in [0.15, 0.2) is 12.7 Å². The van der Waals surface area contributed by atoms with Gasteiger partial charge in [-0.05, 0) is 12.8 Å². The van der Waals surface area contributed by atoms with Gasteiger partial charge in [-0.25, -0.2) is 15.0 Å². The van der Waals surface area contributed by atoms with Gasteiger partial charge in [-0.1, -0.05) is 13.8 Å². The second-order valence-corrected chi connectivity index (χ2v) is 8.26. The SMILES string of the molecule is CC(C)c1nnc([C@H]2O[C@@H](n3cnc4c(NC5CCOCC5)ncnc43)[C@H](O)[C@@H]2O)[nH]1. The number of aromatic amines is 1. The summed E-state index contributed by atoms with van der Waals surface area (Å²) in [5, 5.41) is 32.9. The first-order chi connectivity index (χ1) is 15.0. The fourth-order valence-electron chi connectivity index (χ4n) is 3.97. The van der Waals surface area contributed by atoms with E-state index in [1.54, 1.807) is 4.57 Å². The van der Waals surface area contributed by atoms with Crippen LogP contribution in [-0.2, 0) is 9.47 Å². The Morgan fingerprint density at radius 2 is 1.94 bits per heavy atom. The highest BCUT2D eigenvalue weighted by molar-refractivity contribution is 5.82. The van der Waals surface area contributed by atoms with E-state index >= 15 is 0 Å². The molecule has 4 atom stereocenters. The smallest absolute Gasteiger partial charge is 0.167 e. The van der Waals surface area contributed by atoms with E-state index in [-0.39, 0.29) is 12.0 Å². The number of aliphatic hydroxyl groups excluding tert-OH is 2. The average molecular weight is 430 g/mol. The number of nitrogens with one attached hydrogen (secondary N) is 2. The van der Waals surface area contributed by atoms with Crippen LogP contribution in [0, 0.1) is 0 Å². The fraction of sp³-hybridized carbons (Fsp3) is 0.632. The second kappa shape index (κ2) is 8.11. The summed E-state index contributed by atoms with van der Waals surface area (Å²) in [5.74, 6) is 1.83. The predicted octanol–water partition coefficient (Wildman–Crippen LogP) is 0.651. The van der Waals surface area contributed by atoms with Crippen LogP contribution in [0.25, 0.3) is 11.2 Å².